The van der Waals surface area contributed by atoms with Crippen molar-refractivity contribution in [3.05, 3.63) is 62.6 Å². The molecule has 160 valence electrons. The Labute approximate surface area is 175 Å². The van der Waals surface area contributed by atoms with Crippen LogP contribution in [0.15, 0.2) is 39.9 Å². The third-order valence-corrected chi connectivity index (χ3v) is 5.94. The lowest BCUT2D eigenvalue weighted by Crippen LogP contribution is -2.39. The van der Waals surface area contributed by atoms with Gasteiger partial charge in [0, 0.05) is 27.1 Å². The van der Waals surface area contributed by atoms with Gasteiger partial charge in [0.1, 0.15) is 5.82 Å². The Balaban J connectivity index is 1.75. The highest BCUT2D eigenvalue weighted by Gasteiger charge is 2.22. The van der Waals surface area contributed by atoms with Crippen molar-refractivity contribution in [3.63, 3.8) is 0 Å². The van der Waals surface area contributed by atoms with Gasteiger partial charge < -0.3 is 14.6 Å². The van der Waals surface area contributed by atoms with Crippen LogP contribution in [-0.4, -0.2) is 54.4 Å². The molecule has 1 fully saturated rings. The molecule has 0 saturated carbocycles. The Morgan fingerprint density at radius 1 is 1.00 bits per heavy atom. The fourth-order valence-corrected chi connectivity index (χ4v) is 4.31. The number of hydrogen-bond acceptors (Lipinski definition) is 5. The average molecular weight is 412 g/mol. The van der Waals surface area contributed by atoms with Crippen LogP contribution in [0.2, 0.25) is 0 Å². The molecule has 0 radical (unpaired) electrons. The minimum absolute atomic E-state index is 0.266. The molecule has 1 atom stereocenters. The molecule has 8 nitrogen and oxygen atoms in total. The summed E-state index contributed by atoms with van der Waals surface area (Å²) in [7, 11) is 3.10. The van der Waals surface area contributed by atoms with E-state index in [1.807, 2.05) is 30.3 Å². The monoisotopic (exact) mass is 411 g/mol. The molecule has 0 spiro atoms. The van der Waals surface area contributed by atoms with Gasteiger partial charge in [0.2, 0.25) is 0 Å². The van der Waals surface area contributed by atoms with Crippen LogP contribution in [0.25, 0.3) is 11.2 Å². The Kier molecular flexibility index (Phi) is 5.87. The van der Waals surface area contributed by atoms with E-state index in [9.17, 15) is 14.7 Å². The van der Waals surface area contributed by atoms with Crippen molar-refractivity contribution < 1.29 is 5.11 Å². The van der Waals surface area contributed by atoms with Crippen LogP contribution in [-0.2, 0) is 27.1 Å². The number of piperidine rings is 1. The van der Waals surface area contributed by atoms with E-state index in [-0.39, 0.29) is 12.1 Å². The summed E-state index contributed by atoms with van der Waals surface area (Å²) in [5, 5.41) is 10.8. The van der Waals surface area contributed by atoms with E-state index in [0.717, 1.165) is 36.1 Å². The summed E-state index contributed by atoms with van der Waals surface area (Å²) in [6.07, 6.45) is 3.44. The zero-order chi connectivity index (χ0) is 21.3. The van der Waals surface area contributed by atoms with Crippen molar-refractivity contribution in [2.45, 2.75) is 38.3 Å². The third kappa shape index (κ3) is 3.97. The molecule has 1 N–H and O–H groups in total. The molecular formula is C22H29N5O3. The van der Waals surface area contributed by atoms with Crippen LogP contribution in [0.3, 0.4) is 0 Å². The Hall–Kier alpha value is -2.71. The van der Waals surface area contributed by atoms with Crippen LogP contribution >= 0.6 is 0 Å². The molecule has 3 heterocycles. The lowest BCUT2D eigenvalue weighted by molar-refractivity contribution is 0.0885. The van der Waals surface area contributed by atoms with Crippen LogP contribution in [0.5, 0.6) is 0 Å². The highest BCUT2D eigenvalue weighted by atomic mass is 16.3. The number of nitrogens with zero attached hydrogens (tertiary/aromatic N) is 5. The first-order chi connectivity index (χ1) is 14.5. The number of benzene rings is 1. The summed E-state index contributed by atoms with van der Waals surface area (Å²) in [6.45, 7) is 2.82. The number of aromatic nitrogens is 4. The molecule has 1 saturated heterocycles. The van der Waals surface area contributed by atoms with E-state index in [0.29, 0.717) is 30.0 Å². The molecule has 3 aromatic rings. The standard InChI is InChI=1S/C22H29N5O3/c1-24-20-19(21(29)25(2)22(24)30)27(15-17(28)14-26-11-7-4-8-12-26)18(23-20)13-16-9-5-3-6-10-16/h3,5-6,9-10,17,28H,4,7-8,11-15H2,1-2H3/t17-/m1/s1. The SMILES string of the molecule is Cn1c(=O)c2c(nc(Cc3ccccc3)n2C[C@H](O)CN2CCCCC2)n(C)c1=O. The quantitative estimate of drug-likeness (QED) is 0.651. The molecule has 1 aromatic carbocycles. The summed E-state index contributed by atoms with van der Waals surface area (Å²) in [4.78, 5) is 32.3. The van der Waals surface area contributed by atoms with Crippen LogP contribution in [0.4, 0.5) is 0 Å². The third-order valence-electron chi connectivity index (χ3n) is 5.94. The smallest absolute Gasteiger partial charge is 0.332 e. The molecule has 30 heavy (non-hydrogen) atoms. The molecule has 0 amide bonds. The fourth-order valence-electron chi connectivity index (χ4n) is 4.31. The number of aliphatic hydroxyl groups excluding tert-OH is 1. The lowest BCUT2D eigenvalue weighted by Gasteiger charge is -2.28. The molecule has 8 heteroatoms. The van der Waals surface area contributed by atoms with Crippen LogP contribution < -0.4 is 11.2 Å². The zero-order valence-corrected chi connectivity index (χ0v) is 17.6. The van der Waals surface area contributed by atoms with E-state index in [2.05, 4.69) is 9.88 Å². The van der Waals surface area contributed by atoms with Crippen molar-refractivity contribution in [2.75, 3.05) is 19.6 Å². The summed E-state index contributed by atoms with van der Waals surface area (Å²) in [5.41, 5.74) is 0.992. The lowest BCUT2D eigenvalue weighted by atomic mass is 10.1. The summed E-state index contributed by atoms with van der Waals surface area (Å²) < 4.78 is 4.31. The second-order valence-corrected chi connectivity index (χ2v) is 8.19. The molecule has 1 aliphatic heterocycles. The molecule has 0 bridgehead atoms. The molecule has 1 aliphatic rings. The van der Waals surface area contributed by atoms with E-state index in [1.54, 1.807) is 11.6 Å². The van der Waals surface area contributed by atoms with Crippen molar-refractivity contribution in [3.8, 4) is 0 Å². The van der Waals surface area contributed by atoms with Crippen molar-refractivity contribution in [1.82, 2.24) is 23.6 Å². The van der Waals surface area contributed by atoms with Gasteiger partial charge in [0.05, 0.1) is 12.6 Å². The highest BCUT2D eigenvalue weighted by molar-refractivity contribution is 5.71. The van der Waals surface area contributed by atoms with E-state index in [4.69, 9.17) is 0 Å². The molecule has 0 unspecified atom stereocenters. The number of fused-ring (bicyclic) bond motifs is 1. The van der Waals surface area contributed by atoms with Gasteiger partial charge >= 0.3 is 5.69 Å². The molecule has 2 aromatic heterocycles. The summed E-state index contributed by atoms with van der Waals surface area (Å²) >= 11 is 0. The van der Waals surface area contributed by atoms with Crippen molar-refractivity contribution in [2.24, 2.45) is 14.1 Å². The summed E-state index contributed by atoms with van der Waals surface area (Å²) in [5.74, 6) is 0.673. The number of imidazole rings is 1. The predicted molar refractivity (Wildman–Crippen MR) is 116 cm³/mol. The average Bonchev–Trinajstić information content (AvgIpc) is 3.10. The van der Waals surface area contributed by atoms with E-state index >= 15 is 0 Å². The van der Waals surface area contributed by atoms with Gasteiger partial charge in [-0.3, -0.25) is 13.9 Å². The van der Waals surface area contributed by atoms with Crippen molar-refractivity contribution in [1.29, 1.82) is 0 Å². The van der Waals surface area contributed by atoms with Gasteiger partial charge in [-0.15, -0.1) is 0 Å². The maximum absolute atomic E-state index is 13.0. The van der Waals surface area contributed by atoms with E-state index in [1.165, 1.54) is 18.0 Å². The topological polar surface area (TPSA) is 85.3 Å². The number of aliphatic hydroxyl groups is 1. The van der Waals surface area contributed by atoms with Gasteiger partial charge in [-0.1, -0.05) is 36.8 Å². The van der Waals surface area contributed by atoms with E-state index < -0.39 is 11.8 Å². The van der Waals surface area contributed by atoms with Gasteiger partial charge in [-0.25, -0.2) is 9.78 Å². The second kappa shape index (κ2) is 8.57. The first-order valence-corrected chi connectivity index (χ1v) is 10.5. The molecule has 0 aliphatic carbocycles. The summed E-state index contributed by atoms with van der Waals surface area (Å²) in [6, 6.07) is 9.88. The van der Waals surface area contributed by atoms with Crippen LogP contribution in [0.1, 0.15) is 30.7 Å². The number of aryl methyl sites for hydroxylation is 1. The maximum atomic E-state index is 13.0. The largest absolute Gasteiger partial charge is 0.390 e. The second-order valence-electron chi connectivity index (χ2n) is 8.19. The minimum atomic E-state index is -0.628. The first kappa shape index (κ1) is 20.6. The fraction of sp³-hybridized carbons (Fsp3) is 0.500. The molecule has 4 rings (SSSR count). The zero-order valence-electron chi connectivity index (χ0n) is 17.6. The normalized spacial score (nSPS) is 16.2. The first-order valence-electron chi connectivity index (χ1n) is 10.5. The number of likely N-dealkylation sites (tertiary alicyclic amines) is 1. The van der Waals surface area contributed by atoms with Gasteiger partial charge in [-0.2, -0.15) is 0 Å². The van der Waals surface area contributed by atoms with Crippen molar-refractivity contribution >= 4 is 11.2 Å². The highest BCUT2D eigenvalue weighted by Crippen LogP contribution is 2.17. The maximum Gasteiger partial charge on any atom is 0.332 e. The van der Waals surface area contributed by atoms with Gasteiger partial charge in [-0.05, 0) is 31.5 Å². The Morgan fingerprint density at radius 2 is 1.70 bits per heavy atom. The number of hydrogen-bond donors (Lipinski definition) is 1. The Bertz CT molecular complexity index is 1140. The predicted octanol–water partition coefficient (Wildman–Crippen LogP) is 0.871. The van der Waals surface area contributed by atoms with Gasteiger partial charge in [0.15, 0.2) is 11.2 Å². The van der Waals surface area contributed by atoms with Gasteiger partial charge in [0.25, 0.3) is 5.56 Å². The minimum Gasteiger partial charge on any atom is -0.390 e. The number of rotatable bonds is 6. The van der Waals surface area contributed by atoms with Crippen LogP contribution in [0, 0.1) is 0 Å². The molecular weight excluding hydrogens is 382 g/mol. The Morgan fingerprint density at radius 3 is 2.40 bits per heavy atom. The number of β-amino-alcohol motifs (C(OH)–C–C–N with tert-alkyl or cyclic N) is 1.